The van der Waals surface area contributed by atoms with E-state index in [1.807, 2.05) is 0 Å². The van der Waals surface area contributed by atoms with E-state index < -0.39 is 6.60 Å². The molecule has 0 rings (SSSR count). The van der Waals surface area contributed by atoms with E-state index in [0.29, 0.717) is 0 Å². The third-order valence-electron chi connectivity index (χ3n) is 5.18. The molecule has 0 radical (unpaired) electrons. The summed E-state index contributed by atoms with van der Waals surface area (Å²) in [7, 11) is 0. The van der Waals surface area contributed by atoms with Gasteiger partial charge in [-0.3, -0.25) is 0 Å². The van der Waals surface area contributed by atoms with Crippen LogP contribution >= 0.6 is 6.60 Å². The van der Waals surface area contributed by atoms with Crippen LogP contribution in [0.15, 0.2) is 0 Å². The summed E-state index contributed by atoms with van der Waals surface area (Å²) in [6, 6.07) is 0. The number of hydrogen-bond acceptors (Lipinski definition) is 1. The molecule has 0 aliphatic carbocycles. The minimum absolute atomic E-state index is 0.0351. The van der Waals surface area contributed by atoms with Gasteiger partial charge < -0.3 is 0 Å². The van der Waals surface area contributed by atoms with E-state index in [0.717, 1.165) is 6.16 Å². The molecule has 1 amide bonds. The van der Waals surface area contributed by atoms with Gasteiger partial charge in [0.05, 0.1) is 0 Å². The zero-order chi connectivity index (χ0) is 16.2. The number of carbonyl (C=O) groups excluding carboxylic acids is 1. The first-order valence-electron chi connectivity index (χ1n) is 9.26. The Morgan fingerprint density at radius 2 is 1.00 bits per heavy atom. The number of hydrogen-bond donors (Lipinski definition) is 1. The Morgan fingerprint density at radius 3 is 1.19 bits per heavy atom. The Bertz CT molecular complexity index is 247. The number of carbonyl (C=O) groups is 1. The number of primary amides is 1. The van der Waals surface area contributed by atoms with E-state index in [1.54, 1.807) is 0 Å². The quantitative estimate of drug-likeness (QED) is 0.438. The van der Waals surface area contributed by atoms with Crippen molar-refractivity contribution in [2.45, 2.75) is 79.1 Å². The van der Waals surface area contributed by atoms with Gasteiger partial charge in [-0.25, -0.2) is 0 Å². The first kappa shape index (κ1) is 20.9. The third kappa shape index (κ3) is 7.13. The molecule has 0 aromatic carbocycles. The second-order valence-electron chi connectivity index (χ2n) is 7.17. The zero-order valence-electron chi connectivity index (χ0n) is 15.1. The molecular formula is C18H40NOP. The van der Waals surface area contributed by atoms with Crippen molar-refractivity contribution in [2.75, 3.05) is 30.8 Å². The van der Waals surface area contributed by atoms with E-state index in [4.69, 9.17) is 5.73 Å². The van der Waals surface area contributed by atoms with Gasteiger partial charge in [-0.2, -0.15) is 0 Å². The molecule has 0 heterocycles. The molecule has 0 aromatic rings. The van der Waals surface area contributed by atoms with Crippen molar-refractivity contribution in [3.8, 4) is 0 Å². The van der Waals surface area contributed by atoms with Crippen LogP contribution in [0.1, 0.15) is 79.1 Å². The van der Waals surface area contributed by atoms with Crippen molar-refractivity contribution in [2.24, 2.45) is 5.73 Å². The molecule has 0 saturated heterocycles. The predicted molar refractivity (Wildman–Crippen MR) is 100 cm³/mol. The Morgan fingerprint density at radius 1 is 0.714 bits per heavy atom. The Kier molecular flexibility index (Phi) is 10.5. The van der Waals surface area contributed by atoms with E-state index in [1.165, 1.54) is 76.0 Å². The van der Waals surface area contributed by atoms with Crippen LogP contribution < -0.4 is 5.73 Å². The molecule has 128 valence electrons. The molecule has 2 nitrogen and oxygen atoms in total. The van der Waals surface area contributed by atoms with Crippen LogP contribution in [0.5, 0.6) is 0 Å². The summed E-state index contributed by atoms with van der Waals surface area (Å²) < 4.78 is 0. The van der Waals surface area contributed by atoms with Gasteiger partial charge in [0.25, 0.3) is 0 Å². The fourth-order valence-electron chi connectivity index (χ4n) is 3.85. The molecule has 0 aromatic heterocycles. The van der Waals surface area contributed by atoms with Gasteiger partial charge in [0.1, 0.15) is 0 Å². The van der Waals surface area contributed by atoms with E-state index in [9.17, 15) is 4.79 Å². The average molecular weight is 317 g/mol. The van der Waals surface area contributed by atoms with Crippen molar-refractivity contribution in [1.29, 1.82) is 0 Å². The molecule has 0 spiro atoms. The van der Waals surface area contributed by atoms with Crippen LogP contribution in [0.25, 0.3) is 0 Å². The molecule has 3 heteroatoms. The fraction of sp³-hybridized carbons (Fsp3) is 0.944. The van der Waals surface area contributed by atoms with Gasteiger partial charge in [0.2, 0.25) is 0 Å². The molecule has 0 unspecified atom stereocenters. The molecule has 0 aliphatic heterocycles. The minimum atomic E-state index is -1.96. The Labute approximate surface area is 133 Å². The summed E-state index contributed by atoms with van der Waals surface area (Å²) in [6.45, 7) is 7.14. The summed E-state index contributed by atoms with van der Waals surface area (Å²) >= 11 is 0. The number of amides is 1. The second kappa shape index (κ2) is 10.6. The topological polar surface area (TPSA) is 43.1 Å². The summed E-state index contributed by atoms with van der Waals surface area (Å²) in [5.74, 6) is -0.0351. The van der Waals surface area contributed by atoms with E-state index in [-0.39, 0.29) is 5.91 Å². The normalized spacial score (nSPS) is 13.8. The van der Waals surface area contributed by atoms with Gasteiger partial charge in [-0.15, -0.1) is 0 Å². The first-order valence-corrected chi connectivity index (χ1v) is 12.4. The monoisotopic (exact) mass is 317 g/mol. The molecule has 0 fully saturated rings. The van der Waals surface area contributed by atoms with Crippen LogP contribution in [-0.2, 0) is 4.79 Å². The SMILES string of the molecule is CCCCP(CCCC)(CCCC)(CCCC)CC(N)=O. The molecule has 0 saturated carbocycles. The van der Waals surface area contributed by atoms with Crippen molar-refractivity contribution in [3.05, 3.63) is 0 Å². The Hall–Kier alpha value is -0.100. The summed E-state index contributed by atoms with van der Waals surface area (Å²) in [6.07, 6.45) is 16.0. The van der Waals surface area contributed by atoms with Crippen LogP contribution in [0, 0.1) is 0 Å². The average Bonchev–Trinajstić information content (AvgIpc) is 2.47. The summed E-state index contributed by atoms with van der Waals surface area (Å²) in [5.41, 5.74) is 5.74. The van der Waals surface area contributed by atoms with E-state index in [2.05, 4.69) is 27.7 Å². The molecule has 0 bridgehead atoms. The third-order valence-corrected chi connectivity index (χ3v) is 12.7. The first-order chi connectivity index (χ1) is 9.97. The van der Waals surface area contributed by atoms with Crippen molar-refractivity contribution >= 4 is 12.5 Å². The number of nitrogens with two attached hydrogens (primary N) is 1. The van der Waals surface area contributed by atoms with Gasteiger partial charge >= 0.3 is 133 Å². The van der Waals surface area contributed by atoms with Crippen molar-refractivity contribution < 1.29 is 4.79 Å². The van der Waals surface area contributed by atoms with Gasteiger partial charge in [0, 0.05) is 0 Å². The maximum atomic E-state index is 11.9. The number of rotatable bonds is 14. The van der Waals surface area contributed by atoms with Crippen molar-refractivity contribution in [3.63, 3.8) is 0 Å². The van der Waals surface area contributed by atoms with Crippen LogP contribution in [0.2, 0.25) is 0 Å². The van der Waals surface area contributed by atoms with Crippen LogP contribution in [0.3, 0.4) is 0 Å². The molecule has 21 heavy (non-hydrogen) atoms. The molecule has 0 aliphatic rings. The van der Waals surface area contributed by atoms with Crippen LogP contribution in [-0.4, -0.2) is 36.7 Å². The van der Waals surface area contributed by atoms with Crippen molar-refractivity contribution in [1.82, 2.24) is 0 Å². The van der Waals surface area contributed by atoms with Crippen LogP contribution in [0.4, 0.5) is 0 Å². The molecule has 0 atom stereocenters. The maximum absolute atomic E-state index is 11.9. The Balaban J connectivity index is 5.50. The molecule has 2 N–H and O–H groups in total. The number of unbranched alkanes of at least 4 members (excludes halogenated alkanes) is 4. The molecular weight excluding hydrogens is 277 g/mol. The van der Waals surface area contributed by atoms with Gasteiger partial charge in [-0.05, 0) is 0 Å². The fourth-order valence-corrected chi connectivity index (χ4v) is 11.5. The summed E-state index contributed by atoms with van der Waals surface area (Å²) in [4.78, 5) is 11.9. The standard InChI is InChI=1S/C18H40NOP/c1-5-9-13-21(14-10-6-2,15-11-7-3,16-12-8-4)17-18(19)20/h5-17H2,1-4H3,(H2,19,20). The van der Waals surface area contributed by atoms with Gasteiger partial charge in [-0.1, -0.05) is 0 Å². The van der Waals surface area contributed by atoms with Gasteiger partial charge in [0.15, 0.2) is 0 Å². The predicted octanol–water partition coefficient (Wildman–Crippen LogP) is 5.23. The summed E-state index contributed by atoms with van der Waals surface area (Å²) in [5, 5.41) is 0. The van der Waals surface area contributed by atoms with E-state index >= 15 is 0 Å². The second-order valence-corrected chi connectivity index (χ2v) is 13.7. The zero-order valence-corrected chi connectivity index (χ0v) is 16.0.